The lowest BCUT2D eigenvalue weighted by Gasteiger charge is -2.38. The first-order chi connectivity index (χ1) is 13.4. The second-order valence-electron chi connectivity index (χ2n) is 10.8. The van der Waals surface area contributed by atoms with Crippen LogP contribution in [-0.2, 0) is 11.5 Å². The van der Waals surface area contributed by atoms with Crippen LogP contribution in [0.5, 0.6) is 0 Å². The highest BCUT2D eigenvalue weighted by Crippen LogP contribution is 2.41. The Morgan fingerprint density at radius 1 is 1.03 bits per heavy atom. The zero-order chi connectivity index (χ0) is 21.4. The van der Waals surface area contributed by atoms with Gasteiger partial charge in [0.15, 0.2) is 8.24 Å². The molecule has 0 bridgehead atoms. The number of nitrogens with zero attached hydrogens (tertiary/aromatic N) is 3. The van der Waals surface area contributed by atoms with Crippen LogP contribution in [0.4, 0.5) is 0 Å². The first-order valence-corrected chi connectivity index (χ1v) is 17.3. The van der Waals surface area contributed by atoms with Crippen molar-refractivity contribution in [3.05, 3.63) is 43.0 Å². The maximum Gasteiger partial charge on any atom is 0.161 e. The highest BCUT2D eigenvalue weighted by atomic mass is 28.3. The van der Waals surface area contributed by atoms with Gasteiger partial charge in [-0.25, -0.2) is 4.98 Å². The number of imidazole rings is 1. The van der Waals surface area contributed by atoms with Crippen molar-refractivity contribution < 1.29 is 4.74 Å². The summed E-state index contributed by atoms with van der Waals surface area (Å²) in [5, 5.41) is 1.55. The molecule has 3 aromatic rings. The van der Waals surface area contributed by atoms with Crippen LogP contribution in [-0.4, -0.2) is 36.7 Å². The quantitative estimate of drug-likeness (QED) is 0.311. The van der Waals surface area contributed by atoms with Crippen LogP contribution in [0.15, 0.2) is 43.0 Å². The van der Waals surface area contributed by atoms with Gasteiger partial charge < -0.3 is 13.5 Å². The van der Waals surface area contributed by atoms with E-state index in [2.05, 4.69) is 97.8 Å². The van der Waals surface area contributed by atoms with Crippen molar-refractivity contribution in [3.63, 3.8) is 0 Å². The minimum absolute atomic E-state index is 0.256. The molecule has 2 heterocycles. The summed E-state index contributed by atoms with van der Waals surface area (Å²) >= 11 is 0. The normalized spacial score (nSPS) is 13.4. The van der Waals surface area contributed by atoms with Gasteiger partial charge in [-0.3, -0.25) is 0 Å². The van der Waals surface area contributed by atoms with Crippen LogP contribution in [0.3, 0.4) is 0 Å². The van der Waals surface area contributed by atoms with E-state index in [0.29, 0.717) is 6.73 Å². The maximum atomic E-state index is 6.02. The molecule has 6 heteroatoms. The minimum Gasteiger partial charge on any atom is -0.373 e. The van der Waals surface area contributed by atoms with Gasteiger partial charge in [0.2, 0.25) is 0 Å². The molecule has 0 aliphatic carbocycles. The summed E-state index contributed by atoms with van der Waals surface area (Å²) in [4.78, 5) is 4.45. The van der Waals surface area contributed by atoms with E-state index in [4.69, 9.17) is 4.74 Å². The fourth-order valence-electron chi connectivity index (χ4n) is 3.40. The summed E-state index contributed by atoms with van der Waals surface area (Å²) in [5.74, 6) is 0. The molecular weight excluding hydrogens is 390 g/mol. The third-order valence-corrected chi connectivity index (χ3v) is 13.3. The van der Waals surface area contributed by atoms with Crippen LogP contribution in [0.1, 0.15) is 20.8 Å². The van der Waals surface area contributed by atoms with Gasteiger partial charge >= 0.3 is 0 Å². The number of rotatable bonds is 7. The van der Waals surface area contributed by atoms with E-state index < -0.39 is 16.3 Å². The Bertz CT molecular complexity index is 974. The van der Waals surface area contributed by atoms with Gasteiger partial charge in [0.1, 0.15) is 6.73 Å². The summed E-state index contributed by atoms with van der Waals surface area (Å²) in [6, 6.07) is 9.95. The average Bonchev–Trinajstić information content (AvgIpc) is 3.21. The van der Waals surface area contributed by atoms with Gasteiger partial charge in [-0.2, -0.15) is 0 Å². The first-order valence-electron chi connectivity index (χ1n) is 10.6. The largest absolute Gasteiger partial charge is 0.373 e. The zero-order valence-corrected chi connectivity index (χ0v) is 21.4. The highest BCUT2D eigenvalue weighted by Gasteiger charge is 2.38. The Labute approximate surface area is 178 Å². The zero-order valence-electron chi connectivity index (χ0n) is 19.4. The Morgan fingerprint density at radius 3 is 2.38 bits per heavy atom. The molecule has 29 heavy (non-hydrogen) atoms. The van der Waals surface area contributed by atoms with Crippen molar-refractivity contribution in [2.45, 2.75) is 71.3 Å². The molecule has 4 nitrogen and oxygen atoms in total. The Kier molecular flexibility index (Phi) is 6.00. The van der Waals surface area contributed by atoms with Gasteiger partial charge in [-0.05, 0) is 17.1 Å². The standard InChI is InChI=1S/C23H37N3OSi2/c1-23(2,3)29(7,8)26-16-20(19-11-9-10-12-21(19)26)22-15-24-17-25(22)18-27-13-14-28(4,5)6/h9-12,15-17H,13-14,18H2,1-8H3. The molecule has 2 aromatic heterocycles. The predicted octanol–water partition coefficient (Wildman–Crippen LogP) is 6.67. The first kappa shape index (κ1) is 22.1. The van der Waals surface area contributed by atoms with Crippen molar-refractivity contribution in [2.24, 2.45) is 0 Å². The third-order valence-electron chi connectivity index (χ3n) is 6.36. The number of fused-ring (bicyclic) bond motifs is 1. The number of para-hydroxylation sites is 1. The lowest BCUT2D eigenvalue weighted by molar-refractivity contribution is 0.0882. The molecule has 0 aliphatic rings. The van der Waals surface area contributed by atoms with Crippen molar-refractivity contribution >= 4 is 27.2 Å². The van der Waals surface area contributed by atoms with E-state index in [1.807, 2.05) is 12.5 Å². The number of aromatic nitrogens is 3. The summed E-state index contributed by atoms with van der Waals surface area (Å²) in [7, 11) is -2.82. The minimum atomic E-state index is -1.75. The van der Waals surface area contributed by atoms with E-state index in [0.717, 1.165) is 12.3 Å². The molecular formula is C23H37N3OSi2. The van der Waals surface area contributed by atoms with Crippen molar-refractivity contribution in [1.82, 2.24) is 13.8 Å². The molecule has 158 valence electrons. The molecule has 0 spiro atoms. The van der Waals surface area contributed by atoms with Gasteiger partial charge in [0, 0.05) is 37.3 Å². The monoisotopic (exact) mass is 427 g/mol. The molecule has 0 unspecified atom stereocenters. The van der Waals surface area contributed by atoms with Crippen LogP contribution >= 0.6 is 0 Å². The molecule has 3 rings (SSSR count). The molecule has 0 saturated heterocycles. The number of benzene rings is 1. The lowest BCUT2D eigenvalue weighted by atomic mass is 10.1. The van der Waals surface area contributed by atoms with Crippen molar-refractivity contribution in [3.8, 4) is 11.3 Å². The van der Waals surface area contributed by atoms with Crippen LogP contribution in [0.25, 0.3) is 22.2 Å². The predicted molar refractivity (Wildman–Crippen MR) is 130 cm³/mol. The molecule has 0 amide bonds. The van der Waals surface area contributed by atoms with E-state index >= 15 is 0 Å². The second kappa shape index (κ2) is 7.89. The number of ether oxygens (including phenoxy) is 1. The second-order valence-corrected chi connectivity index (χ2v) is 21.6. The highest BCUT2D eigenvalue weighted by molar-refractivity contribution is 6.79. The van der Waals surface area contributed by atoms with Gasteiger partial charge in [0.25, 0.3) is 0 Å². The number of hydrogen-bond acceptors (Lipinski definition) is 2. The maximum absolute atomic E-state index is 6.02. The Hall–Kier alpha value is -1.64. The summed E-state index contributed by atoms with van der Waals surface area (Å²) in [6.07, 6.45) is 6.22. The molecule has 1 aromatic carbocycles. The van der Waals surface area contributed by atoms with E-state index in [1.54, 1.807) is 0 Å². The molecule has 0 atom stereocenters. The van der Waals surface area contributed by atoms with E-state index in [9.17, 15) is 0 Å². The summed E-state index contributed by atoms with van der Waals surface area (Å²) in [5.41, 5.74) is 3.70. The van der Waals surface area contributed by atoms with Crippen LogP contribution in [0.2, 0.25) is 43.8 Å². The average molecular weight is 428 g/mol. The van der Waals surface area contributed by atoms with Crippen LogP contribution < -0.4 is 0 Å². The van der Waals surface area contributed by atoms with Gasteiger partial charge in [0.05, 0.1) is 18.2 Å². The van der Waals surface area contributed by atoms with E-state index in [-0.39, 0.29) is 5.04 Å². The van der Waals surface area contributed by atoms with E-state index in [1.165, 1.54) is 22.5 Å². The summed E-state index contributed by atoms with van der Waals surface area (Å²) in [6.45, 7) is 20.5. The number of hydrogen-bond donors (Lipinski definition) is 0. The topological polar surface area (TPSA) is 32.0 Å². The Morgan fingerprint density at radius 2 is 1.72 bits per heavy atom. The van der Waals surface area contributed by atoms with Crippen molar-refractivity contribution in [1.29, 1.82) is 0 Å². The van der Waals surface area contributed by atoms with Gasteiger partial charge in [-0.1, -0.05) is 71.7 Å². The smallest absolute Gasteiger partial charge is 0.161 e. The van der Waals surface area contributed by atoms with Crippen molar-refractivity contribution in [2.75, 3.05) is 6.61 Å². The molecule has 0 aliphatic heterocycles. The molecule has 0 saturated carbocycles. The lowest BCUT2D eigenvalue weighted by Crippen LogP contribution is -2.44. The molecule has 0 fully saturated rings. The molecule has 0 N–H and O–H groups in total. The Balaban J connectivity index is 1.97. The van der Waals surface area contributed by atoms with Gasteiger partial charge in [-0.15, -0.1) is 0 Å². The fourth-order valence-corrected chi connectivity index (χ4v) is 6.13. The fraction of sp³-hybridized carbons (Fsp3) is 0.522. The summed E-state index contributed by atoms with van der Waals surface area (Å²) < 4.78 is 10.7. The third kappa shape index (κ3) is 4.59. The SMILES string of the molecule is CC(C)(C)[Si](C)(C)n1cc(-c2cncn2COCC[Si](C)(C)C)c2ccccc21. The molecule has 0 radical (unpaired) electrons. The van der Waals surface area contributed by atoms with Crippen LogP contribution in [0, 0.1) is 0 Å².